The summed E-state index contributed by atoms with van der Waals surface area (Å²) in [6.07, 6.45) is 1.56. The fourth-order valence-corrected chi connectivity index (χ4v) is 2.23. The third-order valence-electron chi connectivity index (χ3n) is 3.33. The van der Waals surface area contributed by atoms with Crippen LogP contribution < -0.4 is 10.6 Å². The van der Waals surface area contributed by atoms with Gasteiger partial charge in [-0.2, -0.15) is 0 Å². The first-order chi connectivity index (χ1) is 9.78. The van der Waals surface area contributed by atoms with E-state index in [0.717, 1.165) is 22.9 Å². The highest BCUT2D eigenvalue weighted by Crippen LogP contribution is 2.24. The Morgan fingerprint density at radius 2 is 1.65 bits per heavy atom. The van der Waals surface area contributed by atoms with Crippen molar-refractivity contribution in [1.29, 1.82) is 0 Å². The average Bonchev–Trinajstić information content (AvgIpc) is 2.49. The van der Waals surface area contributed by atoms with Crippen molar-refractivity contribution >= 4 is 28.1 Å². The molecule has 100 valence electrons. The van der Waals surface area contributed by atoms with Crippen LogP contribution >= 0.6 is 0 Å². The molecule has 0 bridgehead atoms. The van der Waals surface area contributed by atoms with E-state index in [1.165, 1.54) is 10.8 Å². The average molecular weight is 264 g/mol. The van der Waals surface area contributed by atoms with Gasteiger partial charge in [-0.05, 0) is 29.8 Å². The molecule has 0 fully saturated rings. The zero-order valence-corrected chi connectivity index (χ0v) is 11.5. The zero-order chi connectivity index (χ0) is 13.9. The van der Waals surface area contributed by atoms with Crippen LogP contribution in [0.2, 0.25) is 0 Å². The highest BCUT2D eigenvalue weighted by Gasteiger charge is 2.06. The Morgan fingerprint density at radius 3 is 2.45 bits per heavy atom. The van der Waals surface area contributed by atoms with Gasteiger partial charge in [0.1, 0.15) is 18.0 Å². The molecule has 1 aromatic heterocycles. The van der Waals surface area contributed by atoms with Gasteiger partial charge in [-0.3, -0.25) is 0 Å². The molecule has 3 rings (SSSR count). The van der Waals surface area contributed by atoms with E-state index in [2.05, 4.69) is 50.9 Å². The molecule has 0 spiro atoms. The van der Waals surface area contributed by atoms with E-state index in [9.17, 15) is 0 Å². The molecule has 2 N–H and O–H groups in total. The molecule has 3 aromatic rings. The van der Waals surface area contributed by atoms with Gasteiger partial charge in [-0.25, -0.2) is 9.97 Å². The summed E-state index contributed by atoms with van der Waals surface area (Å²) in [6.45, 7) is 2.00. The van der Waals surface area contributed by atoms with Gasteiger partial charge < -0.3 is 10.6 Å². The monoisotopic (exact) mass is 264 g/mol. The fourth-order valence-electron chi connectivity index (χ4n) is 2.23. The van der Waals surface area contributed by atoms with Crippen LogP contribution in [0.3, 0.4) is 0 Å². The lowest BCUT2D eigenvalue weighted by atomic mass is 10.1. The topological polar surface area (TPSA) is 49.8 Å². The van der Waals surface area contributed by atoms with E-state index in [0.29, 0.717) is 0 Å². The van der Waals surface area contributed by atoms with Gasteiger partial charge in [0.05, 0.1) is 0 Å². The number of nitrogens with one attached hydrogen (secondary N) is 2. The SMILES string of the molecule is CNc1ncnc(Nc2ccc3ccccc3c2)c1C. The second kappa shape index (κ2) is 5.17. The Bertz CT molecular complexity index is 752. The maximum atomic E-state index is 4.30. The number of fused-ring (bicyclic) bond motifs is 1. The van der Waals surface area contributed by atoms with Crippen molar-refractivity contribution in [3.8, 4) is 0 Å². The van der Waals surface area contributed by atoms with Crippen LogP contribution in [0.4, 0.5) is 17.3 Å². The molecule has 0 saturated heterocycles. The van der Waals surface area contributed by atoms with Crippen molar-refractivity contribution in [3.63, 3.8) is 0 Å². The minimum absolute atomic E-state index is 0.819. The molecule has 0 aliphatic heterocycles. The molecular weight excluding hydrogens is 248 g/mol. The Balaban J connectivity index is 1.97. The van der Waals surface area contributed by atoms with Crippen LogP contribution in [0.1, 0.15) is 5.56 Å². The summed E-state index contributed by atoms with van der Waals surface area (Å²) in [7, 11) is 1.86. The Morgan fingerprint density at radius 1 is 0.900 bits per heavy atom. The lowest BCUT2D eigenvalue weighted by Gasteiger charge is -2.11. The Hall–Kier alpha value is -2.62. The van der Waals surface area contributed by atoms with E-state index in [4.69, 9.17) is 0 Å². The number of anilines is 3. The Labute approximate surface area is 117 Å². The third-order valence-corrected chi connectivity index (χ3v) is 3.33. The van der Waals surface area contributed by atoms with Crippen LogP contribution in [0.15, 0.2) is 48.8 Å². The van der Waals surface area contributed by atoms with Gasteiger partial charge in [0.15, 0.2) is 0 Å². The number of benzene rings is 2. The van der Waals surface area contributed by atoms with Gasteiger partial charge in [-0.1, -0.05) is 30.3 Å². The first-order valence-electron chi connectivity index (χ1n) is 6.53. The summed E-state index contributed by atoms with van der Waals surface area (Å²) in [4.78, 5) is 8.49. The molecule has 0 atom stereocenters. The second-order valence-electron chi connectivity index (χ2n) is 4.63. The standard InChI is InChI=1S/C16H16N4/c1-11-15(17-2)18-10-19-16(11)20-14-8-7-12-5-3-4-6-13(12)9-14/h3-10H,1-2H3,(H2,17,18,19,20). The van der Waals surface area contributed by atoms with E-state index in [1.54, 1.807) is 6.33 Å². The highest BCUT2D eigenvalue weighted by molar-refractivity contribution is 5.86. The van der Waals surface area contributed by atoms with Crippen molar-refractivity contribution < 1.29 is 0 Å². The quantitative estimate of drug-likeness (QED) is 0.757. The van der Waals surface area contributed by atoms with Gasteiger partial charge in [0.2, 0.25) is 0 Å². The van der Waals surface area contributed by atoms with E-state index < -0.39 is 0 Å². The van der Waals surface area contributed by atoms with Crippen molar-refractivity contribution in [3.05, 3.63) is 54.4 Å². The minimum Gasteiger partial charge on any atom is -0.373 e. The molecule has 4 heteroatoms. The first-order valence-corrected chi connectivity index (χ1v) is 6.53. The Kier molecular flexibility index (Phi) is 3.21. The van der Waals surface area contributed by atoms with Gasteiger partial charge in [0, 0.05) is 18.3 Å². The molecule has 20 heavy (non-hydrogen) atoms. The lowest BCUT2D eigenvalue weighted by molar-refractivity contribution is 1.12. The predicted octanol–water partition coefficient (Wildman–Crippen LogP) is 3.72. The second-order valence-corrected chi connectivity index (χ2v) is 4.63. The number of hydrogen-bond acceptors (Lipinski definition) is 4. The van der Waals surface area contributed by atoms with Crippen LogP contribution in [0, 0.1) is 6.92 Å². The van der Waals surface area contributed by atoms with E-state index in [-0.39, 0.29) is 0 Å². The smallest absolute Gasteiger partial charge is 0.138 e. The molecule has 0 aliphatic rings. The summed E-state index contributed by atoms with van der Waals surface area (Å²) in [5, 5.41) is 8.84. The summed E-state index contributed by atoms with van der Waals surface area (Å²) >= 11 is 0. The van der Waals surface area contributed by atoms with Gasteiger partial charge in [0.25, 0.3) is 0 Å². The molecule has 1 heterocycles. The third kappa shape index (κ3) is 2.28. The van der Waals surface area contributed by atoms with Crippen molar-refractivity contribution in [1.82, 2.24) is 9.97 Å². The number of aromatic nitrogens is 2. The molecule has 2 aromatic carbocycles. The first kappa shape index (κ1) is 12.4. The van der Waals surface area contributed by atoms with E-state index in [1.807, 2.05) is 26.1 Å². The normalized spacial score (nSPS) is 10.5. The summed E-state index contributed by atoms with van der Waals surface area (Å²) in [5.41, 5.74) is 2.02. The number of rotatable bonds is 3. The summed E-state index contributed by atoms with van der Waals surface area (Å²) < 4.78 is 0. The zero-order valence-electron chi connectivity index (χ0n) is 11.5. The van der Waals surface area contributed by atoms with Crippen LogP contribution in [0.25, 0.3) is 10.8 Å². The van der Waals surface area contributed by atoms with E-state index >= 15 is 0 Å². The number of hydrogen-bond donors (Lipinski definition) is 2. The van der Waals surface area contributed by atoms with Crippen molar-refractivity contribution in [2.75, 3.05) is 17.7 Å². The molecule has 0 aliphatic carbocycles. The van der Waals surface area contributed by atoms with Crippen molar-refractivity contribution in [2.45, 2.75) is 6.92 Å². The predicted molar refractivity (Wildman–Crippen MR) is 83.5 cm³/mol. The number of nitrogens with zero attached hydrogens (tertiary/aromatic N) is 2. The molecule has 0 saturated carbocycles. The summed E-state index contributed by atoms with van der Waals surface area (Å²) in [5.74, 6) is 1.66. The molecule has 0 unspecified atom stereocenters. The highest BCUT2D eigenvalue weighted by atomic mass is 15.1. The lowest BCUT2D eigenvalue weighted by Crippen LogP contribution is -2.02. The fraction of sp³-hybridized carbons (Fsp3) is 0.125. The maximum Gasteiger partial charge on any atom is 0.138 e. The molecule has 4 nitrogen and oxygen atoms in total. The maximum absolute atomic E-state index is 4.30. The van der Waals surface area contributed by atoms with Crippen LogP contribution in [-0.4, -0.2) is 17.0 Å². The van der Waals surface area contributed by atoms with Crippen LogP contribution in [0.5, 0.6) is 0 Å². The van der Waals surface area contributed by atoms with Crippen molar-refractivity contribution in [2.24, 2.45) is 0 Å². The van der Waals surface area contributed by atoms with Gasteiger partial charge in [-0.15, -0.1) is 0 Å². The molecule has 0 radical (unpaired) electrons. The minimum atomic E-state index is 0.819. The largest absolute Gasteiger partial charge is 0.373 e. The summed E-state index contributed by atoms with van der Waals surface area (Å²) in [6, 6.07) is 14.6. The van der Waals surface area contributed by atoms with Gasteiger partial charge >= 0.3 is 0 Å². The van der Waals surface area contributed by atoms with Crippen LogP contribution in [-0.2, 0) is 0 Å². The molecule has 0 amide bonds. The molecular formula is C16H16N4.